The maximum Gasteiger partial charge on any atom is 0.416 e. The summed E-state index contributed by atoms with van der Waals surface area (Å²) in [6, 6.07) is 10.5. The molecule has 1 heterocycles. The zero-order valence-electron chi connectivity index (χ0n) is 12.4. The minimum Gasteiger partial charge on any atom is -0.268 e. The largest absolute Gasteiger partial charge is 0.416 e. The van der Waals surface area contributed by atoms with E-state index in [2.05, 4.69) is 0 Å². The van der Waals surface area contributed by atoms with Crippen LogP contribution < -0.4 is 4.90 Å². The molecular formula is C17H9F4NOS2. The summed E-state index contributed by atoms with van der Waals surface area (Å²) in [6.07, 6.45) is -3.42. The van der Waals surface area contributed by atoms with E-state index in [4.69, 9.17) is 12.2 Å². The van der Waals surface area contributed by atoms with E-state index in [9.17, 15) is 22.4 Å². The number of hydrogen-bond donors (Lipinski definition) is 0. The number of alkyl halides is 3. The van der Waals surface area contributed by atoms with Crippen LogP contribution in [-0.2, 0) is 11.0 Å². The van der Waals surface area contributed by atoms with Crippen LogP contribution in [0.3, 0.4) is 0 Å². The first-order valence-corrected chi connectivity index (χ1v) is 8.20. The third-order valence-electron chi connectivity index (χ3n) is 3.44. The fraction of sp³-hybridized carbons (Fsp3) is 0.0588. The van der Waals surface area contributed by atoms with Gasteiger partial charge in [-0.05, 0) is 29.8 Å². The Morgan fingerprint density at radius 2 is 1.68 bits per heavy atom. The Balaban J connectivity index is 2.02. The molecule has 128 valence electrons. The number of para-hydroxylation sites is 1. The SMILES string of the molecule is O=C1/C(=C\c2ccccc2C(F)(F)F)SC(=S)N1c1ccccc1F. The smallest absolute Gasteiger partial charge is 0.268 e. The Hall–Kier alpha value is -2.19. The summed E-state index contributed by atoms with van der Waals surface area (Å²) >= 11 is 5.93. The first kappa shape index (κ1) is 17.6. The number of carbonyl (C=O) groups is 1. The highest BCUT2D eigenvalue weighted by Gasteiger charge is 2.36. The molecule has 0 bridgehead atoms. The predicted molar refractivity (Wildman–Crippen MR) is 93.5 cm³/mol. The molecule has 0 saturated carbocycles. The Morgan fingerprint density at radius 1 is 1.04 bits per heavy atom. The van der Waals surface area contributed by atoms with Gasteiger partial charge in [-0.3, -0.25) is 9.69 Å². The lowest BCUT2D eigenvalue weighted by Gasteiger charge is -2.15. The molecular weight excluding hydrogens is 374 g/mol. The Labute approximate surface area is 150 Å². The highest BCUT2D eigenvalue weighted by Crippen LogP contribution is 2.39. The van der Waals surface area contributed by atoms with Crippen molar-refractivity contribution >= 4 is 46.0 Å². The molecule has 3 rings (SSSR count). The molecule has 0 aromatic heterocycles. The zero-order chi connectivity index (χ0) is 18.2. The van der Waals surface area contributed by atoms with Gasteiger partial charge in [0.2, 0.25) is 0 Å². The predicted octanol–water partition coefficient (Wildman–Crippen LogP) is 5.25. The second-order valence-electron chi connectivity index (χ2n) is 5.05. The average molecular weight is 383 g/mol. The molecule has 2 aromatic carbocycles. The van der Waals surface area contributed by atoms with Gasteiger partial charge < -0.3 is 0 Å². The topological polar surface area (TPSA) is 20.3 Å². The number of halogens is 4. The molecule has 0 atom stereocenters. The number of hydrogen-bond acceptors (Lipinski definition) is 3. The summed E-state index contributed by atoms with van der Waals surface area (Å²) in [7, 11) is 0. The summed E-state index contributed by atoms with van der Waals surface area (Å²) in [4.78, 5) is 13.5. The van der Waals surface area contributed by atoms with Crippen molar-refractivity contribution in [2.24, 2.45) is 0 Å². The molecule has 1 aliphatic heterocycles. The fourth-order valence-electron chi connectivity index (χ4n) is 2.33. The molecule has 2 nitrogen and oxygen atoms in total. The number of anilines is 1. The van der Waals surface area contributed by atoms with Gasteiger partial charge in [-0.15, -0.1) is 0 Å². The fourth-order valence-corrected chi connectivity index (χ4v) is 3.61. The number of nitrogens with zero attached hydrogens (tertiary/aromatic N) is 1. The molecule has 0 radical (unpaired) electrons. The highest BCUT2D eigenvalue weighted by atomic mass is 32.2. The van der Waals surface area contributed by atoms with Crippen LogP contribution in [0.2, 0.25) is 0 Å². The van der Waals surface area contributed by atoms with Gasteiger partial charge in [-0.2, -0.15) is 13.2 Å². The average Bonchev–Trinajstić information content (AvgIpc) is 2.82. The van der Waals surface area contributed by atoms with E-state index in [1.165, 1.54) is 36.4 Å². The van der Waals surface area contributed by atoms with Gasteiger partial charge in [-0.25, -0.2) is 4.39 Å². The van der Waals surface area contributed by atoms with Crippen molar-refractivity contribution < 1.29 is 22.4 Å². The van der Waals surface area contributed by atoms with E-state index >= 15 is 0 Å². The summed E-state index contributed by atoms with van der Waals surface area (Å²) in [5, 5.41) is 0. The molecule has 1 amide bonds. The lowest BCUT2D eigenvalue weighted by molar-refractivity contribution is -0.137. The minimum atomic E-state index is -4.55. The van der Waals surface area contributed by atoms with Gasteiger partial charge in [0.15, 0.2) is 4.32 Å². The molecule has 0 aliphatic carbocycles. The van der Waals surface area contributed by atoms with E-state index in [0.29, 0.717) is 0 Å². The van der Waals surface area contributed by atoms with Gasteiger partial charge in [0.05, 0.1) is 16.2 Å². The third-order valence-corrected chi connectivity index (χ3v) is 4.74. The zero-order valence-corrected chi connectivity index (χ0v) is 14.0. The van der Waals surface area contributed by atoms with Gasteiger partial charge in [0.1, 0.15) is 5.82 Å². The molecule has 25 heavy (non-hydrogen) atoms. The van der Waals surface area contributed by atoms with Crippen LogP contribution in [0.25, 0.3) is 6.08 Å². The van der Waals surface area contributed by atoms with Crippen molar-refractivity contribution in [2.45, 2.75) is 6.18 Å². The molecule has 8 heteroatoms. The van der Waals surface area contributed by atoms with Gasteiger partial charge >= 0.3 is 6.18 Å². The van der Waals surface area contributed by atoms with E-state index in [-0.39, 0.29) is 20.5 Å². The van der Waals surface area contributed by atoms with Crippen molar-refractivity contribution in [1.82, 2.24) is 0 Å². The molecule has 1 saturated heterocycles. The van der Waals surface area contributed by atoms with Crippen LogP contribution in [0.15, 0.2) is 53.4 Å². The van der Waals surface area contributed by atoms with Crippen molar-refractivity contribution in [3.05, 3.63) is 70.4 Å². The van der Waals surface area contributed by atoms with E-state index in [0.717, 1.165) is 28.8 Å². The van der Waals surface area contributed by atoms with Gasteiger partial charge in [-0.1, -0.05) is 54.3 Å². The van der Waals surface area contributed by atoms with Gasteiger partial charge in [0.25, 0.3) is 5.91 Å². The van der Waals surface area contributed by atoms with Crippen LogP contribution in [-0.4, -0.2) is 10.2 Å². The third kappa shape index (κ3) is 3.45. The normalized spacial score (nSPS) is 16.8. The molecule has 1 aliphatic rings. The number of carbonyl (C=O) groups excluding carboxylic acids is 1. The van der Waals surface area contributed by atoms with Crippen molar-refractivity contribution in [3.8, 4) is 0 Å². The number of thiocarbonyl (C=S) groups is 1. The first-order chi connectivity index (χ1) is 11.8. The standard InChI is InChI=1S/C17H9F4NOS2/c18-12-7-3-4-8-13(12)22-15(23)14(25-16(22)24)9-10-5-1-2-6-11(10)17(19,20)21/h1-9H/b14-9+. The molecule has 1 fully saturated rings. The first-order valence-electron chi connectivity index (χ1n) is 6.98. The Bertz CT molecular complexity index is 892. The summed E-state index contributed by atoms with van der Waals surface area (Å²) in [5.41, 5.74) is -1.03. The highest BCUT2D eigenvalue weighted by molar-refractivity contribution is 8.27. The van der Waals surface area contributed by atoms with E-state index in [1.807, 2.05) is 0 Å². The molecule has 0 spiro atoms. The number of thioether (sulfide) groups is 1. The summed E-state index contributed by atoms with van der Waals surface area (Å²) in [6.45, 7) is 0. The maximum atomic E-state index is 13.9. The maximum absolute atomic E-state index is 13.9. The van der Waals surface area contributed by atoms with Crippen LogP contribution in [0.4, 0.5) is 23.2 Å². The molecule has 2 aromatic rings. The van der Waals surface area contributed by atoms with Crippen LogP contribution in [0.1, 0.15) is 11.1 Å². The summed E-state index contributed by atoms with van der Waals surface area (Å²) < 4.78 is 53.2. The van der Waals surface area contributed by atoms with Gasteiger partial charge in [0, 0.05) is 0 Å². The lowest BCUT2D eigenvalue weighted by atomic mass is 10.1. The van der Waals surface area contributed by atoms with Crippen LogP contribution in [0, 0.1) is 5.82 Å². The Kier molecular flexibility index (Phi) is 4.66. The van der Waals surface area contributed by atoms with Crippen molar-refractivity contribution in [3.63, 3.8) is 0 Å². The summed E-state index contributed by atoms with van der Waals surface area (Å²) in [5.74, 6) is -1.30. The van der Waals surface area contributed by atoms with Crippen molar-refractivity contribution in [1.29, 1.82) is 0 Å². The van der Waals surface area contributed by atoms with E-state index in [1.54, 1.807) is 6.07 Å². The molecule has 0 unspecified atom stereocenters. The second kappa shape index (κ2) is 6.61. The second-order valence-corrected chi connectivity index (χ2v) is 6.73. The van der Waals surface area contributed by atoms with E-state index < -0.39 is 23.5 Å². The quantitative estimate of drug-likeness (QED) is 0.401. The monoisotopic (exact) mass is 383 g/mol. The number of amides is 1. The van der Waals surface area contributed by atoms with Crippen molar-refractivity contribution in [2.75, 3.05) is 4.90 Å². The van der Waals surface area contributed by atoms with Crippen LogP contribution >= 0.6 is 24.0 Å². The number of rotatable bonds is 2. The lowest BCUT2D eigenvalue weighted by Crippen LogP contribution is -2.28. The number of benzene rings is 2. The minimum absolute atomic E-state index is 0.00459. The van der Waals surface area contributed by atoms with Crippen LogP contribution in [0.5, 0.6) is 0 Å². The Morgan fingerprint density at radius 3 is 2.36 bits per heavy atom. The molecule has 0 N–H and O–H groups in total.